The highest BCUT2D eigenvalue weighted by Crippen LogP contribution is 2.32. The van der Waals surface area contributed by atoms with Gasteiger partial charge in [-0.05, 0) is 29.2 Å². The fourth-order valence-electron chi connectivity index (χ4n) is 1.93. The van der Waals surface area contributed by atoms with Crippen molar-refractivity contribution >= 4 is 11.6 Å². The van der Waals surface area contributed by atoms with Crippen molar-refractivity contribution in [2.45, 2.75) is 11.9 Å². The molecule has 0 bridgehead atoms. The van der Waals surface area contributed by atoms with E-state index in [9.17, 15) is 8.78 Å². The summed E-state index contributed by atoms with van der Waals surface area (Å²) < 4.78 is 31.9. The van der Waals surface area contributed by atoms with Crippen LogP contribution >= 0.6 is 11.6 Å². The molecule has 1 aromatic carbocycles. The van der Waals surface area contributed by atoms with Crippen LogP contribution in [-0.2, 0) is 11.9 Å². The van der Waals surface area contributed by atoms with Gasteiger partial charge >= 0.3 is 11.3 Å². The smallest absolute Gasteiger partial charge is 0.331 e. The van der Waals surface area contributed by atoms with E-state index in [0.29, 0.717) is 17.8 Å². The molecule has 0 saturated heterocycles. The quantitative estimate of drug-likeness (QED) is 0.543. The third kappa shape index (κ3) is 3.38. The Balaban J connectivity index is 1.77. The molecule has 8 heteroatoms. The lowest BCUT2D eigenvalue weighted by molar-refractivity contribution is 0.0551. The number of hydrogen-bond donors (Lipinski definition) is 0. The molecular formula is C15H9ClF2N4O. The lowest BCUT2D eigenvalue weighted by Crippen LogP contribution is -2.03. The number of aromatic nitrogens is 4. The van der Waals surface area contributed by atoms with E-state index in [1.165, 1.54) is 0 Å². The molecule has 0 aliphatic heterocycles. The fraction of sp³-hybridized carbons (Fsp3) is 0.133. The summed E-state index contributed by atoms with van der Waals surface area (Å²) >= 11 is 4.84. The van der Waals surface area contributed by atoms with Gasteiger partial charge in [0.2, 0.25) is 5.82 Å². The van der Waals surface area contributed by atoms with E-state index < -0.39 is 11.3 Å². The first-order chi connectivity index (χ1) is 11.0. The second-order valence-electron chi connectivity index (χ2n) is 4.66. The first kappa shape index (κ1) is 15.2. The Bertz CT molecular complexity index is 859. The van der Waals surface area contributed by atoms with E-state index in [1.807, 2.05) is 0 Å². The average molecular weight is 335 g/mol. The van der Waals surface area contributed by atoms with Crippen LogP contribution in [0.1, 0.15) is 17.1 Å². The SMILES string of the molecule is C#Cc1ccn(Cc2ccc(-c3noc(C(F)(F)Cl)n3)cc2)n1. The van der Waals surface area contributed by atoms with E-state index in [4.69, 9.17) is 18.0 Å². The number of terminal acetylenes is 1. The molecule has 0 aliphatic carbocycles. The molecule has 2 aromatic heterocycles. The highest BCUT2D eigenvalue weighted by atomic mass is 35.5. The largest absolute Gasteiger partial charge is 0.400 e. The highest BCUT2D eigenvalue weighted by molar-refractivity contribution is 6.21. The van der Waals surface area contributed by atoms with Crippen LogP contribution in [0.25, 0.3) is 11.4 Å². The van der Waals surface area contributed by atoms with Crippen LogP contribution in [0.5, 0.6) is 0 Å². The van der Waals surface area contributed by atoms with Gasteiger partial charge < -0.3 is 4.52 Å². The second kappa shape index (κ2) is 5.82. The monoisotopic (exact) mass is 334 g/mol. The van der Waals surface area contributed by atoms with Crippen molar-refractivity contribution in [3.05, 3.63) is 53.7 Å². The Hall–Kier alpha value is -2.72. The van der Waals surface area contributed by atoms with Gasteiger partial charge in [-0.2, -0.15) is 18.9 Å². The fourth-order valence-corrected chi connectivity index (χ4v) is 2.01. The third-order valence-corrected chi connectivity index (χ3v) is 3.18. The van der Waals surface area contributed by atoms with Gasteiger partial charge in [0.15, 0.2) is 0 Å². The Morgan fingerprint density at radius 3 is 2.57 bits per heavy atom. The number of nitrogens with zero attached hydrogens (tertiary/aromatic N) is 4. The van der Waals surface area contributed by atoms with Crippen LogP contribution in [0.3, 0.4) is 0 Å². The number of halogens is 3. The van der Waals surface area contributed by atoms with Crippen molar-refractivity contribution in [1.82, 2.24) is 19.9 Å². The van der Waals surface area contributed by atoms with Gasteiger partial charge in [0.25, 0.3) is 0 Å². The van der Waals surface area contributed by atoms with Gasteiger partial charge in [0.1, 0.15) is 5.69 Å². The maximum Gasteiger partial charge on any atom is 0.400 e. The molecular weight excluding hydrogens is 326 g/mol. The van der Waals surface area contributed by atoms with Gasteiger partial charge in [-0.15, -0.1) is 6.42 Å². The summed E-state index contributed by atoms with van der Waals surface area (Å²) in [5.74, 6) is 1.56. The lowest BCUT2D eigenvalue weighted by Gasteiger charge is -2.02. The van der Waals surface area contributed by atoms with Crippen LogP contribution in [0, 0.1) is 12.3 Å². The first-order valence-electron chi connectivity index (χ1n) is 6.46. The zero-order valence-electron chi connectivity index (χ0n) is 11.6. The summed E-state index contributed by atoms with van der Waals surface area (Å²) in [6.45, 7) is 0.527. The Kier molecular flexibility index (Phi) is 3.84. The van der Waals surface area contributed by atoms with E-state index in [1.54, 1.807) is 41.2 Å². The van der Waals surface area contributed by atoms with Crippen molar-refractivity contribution in [2.75, 3.05) is 0 Å². The van der Waals surface area contributed by atoms with Crippen LogP contribution in [0.2, 0.25) is 0 Å². The predicted octanol–water partition coefficient (Wildman–Crippen LogP) is 3.25. The second-order valence-corrected chi connectivity index (χ2v) is 5.14. The van der Waals surface area contributed by atoms with Crippen molar-refractivity contribution in [3.8, 4) is 23.7 Å². The molecule has 5 nitrogen and oxygen atoms in total. The summed E-state index contributed by atoms with van der Waals surface area (Å²) in [5, 5.41) is 3.99. The van der Waals surface area contributed by atoms with E-state index in [-0.39, 0.29) is 5.82 Å². The van der Waals surface area contributed by atoms with Crippen LogP contribution in [-0.4, -0.2) is 19.9 Å². The summed E-state index contributed by atoms with van der Waals surface area (Å²) in [6, 6.07) is 8.74. The first-order valence-corrected chi connectivity index (χ1v) is 6.84. The van der Waals surface area contributed by atoms with Crippen molar-refractivity contribution in [1.29, 1.82) is 0 Å². The Labute approximate surface area is 134 Å². The van der Waals surface area contributed by atoms with Gasteiger partial charge in [-0.25, -0.2) is 0 Å². The maximum absolute atomic E-state index is 12.9. The molecule has 2 heterocycles. The standard InChI is InChI=1S/C15H9ClF2N4O/c1-2-12-7-8-22(20-12)9-10-3-5-11(6-4-10)13-19-14(23-21-13)15(16,17)18/h1,3-8H,9H2. The van der Waals surface area contributed by atoms with Crippen molar-refractivity contribution in [3.63, 3.8) is 0 Å². The third-order valence-electron chi connectivity index (χ3n) is 3.01. The average Bonchev–Trinajstić information content (AvgIpc) is 3.16. The molecule has 0 radical (unpaired) electrons. The highest BCUT2D eigenvalue weighted by Gasteiger charge is 2.35. The van der Waals surface area contributed by atoms with Gasteiger partial charge in [0, 0.05) is 11.8 Å². The maximum atomic E-state index is 12.9. The summed E-state index contributed by atoms with van der Waals surface area (Å²) in [5.41, 5.74) is 2.05. The minimum atomic E-state index is -3.68. The zero-order chi connectivity index (χ0) is 16.4. The molecule has 116 valence electrons. The normalized spacial score (nSPS) is 11.4. The molecule has 23 heavy (non-hydrogen) atoms. The van der Waals surface area contributed by atoms with Crippen molar-refractivity contribution < 1.29 is 13.3 Å². The van der Waals surface area contributed by atoms with Gasteiger partial charge in [-0.1, -0.05) is 29.4 Å². The number of alkyl halides is 3. The Morgan fingerprint density at radius 1 is 1.26 bits per heavy atom. The molecule has 0 atom stereocenters. The zero-order valence-corrected chi connectivity index (χ0v) is 12.3. The lowest BCUT2D eigenvalue weighted by atomic mass is 10.1. The number of rotatable bonds is 4. The number of benzene rings is 1. The molecule has 0 aliphatic rings. The van der Waals surface area contributed by atoms with E-state index >= 15 is 0 Å². The Morgan fingerprint density at radius 2 is 2.00 bits per heavy atom. The van der Waals surface area contributed by atoms with Crippen LogP contribution in [0.4, 0.5) is 8.78 Å². The minimum Gasteiger partial charge on any atom is -0.331 e. The van der Waals surface area contributed by atoms with Gasteiger partial charge in [-0.3, -0.25) is 4.68 Å². The molecule has 0 N–H and O–H groups in total. The molecule has 0 amide bonds. The number of hydrogen-bond acceptors (Lipinski definition) is 4. The summed E-state index contributed by atoms with van der Waals surface area (Å²) in [4.78, 5) is 3.58. The predicted molar refractivity (Wildman–Crippen MR) is 78.7 cm³/mol. The molecule has 3 rings (SSSR count). The van der Waals surface area contributed by atoms with E-state index in [2.05, 4.69) is 25.7 Å². The molecule has 0 saturated carbocycles. The van der Waals surface area contributed by atoms with Crippen LogP contribution < -0.4 is 0 Å². The van der Waals surface area contributed by atoms with E-state index in [0.717, 1.165) is 5.56 Å². The molecule has 0 unspecified atom stereocenters. The molecule has 0 fully saturated rings. The molecule has 0 spiro atoms. The molecule has 3 aromatic rings. The van der Waals surface area contributed by atoms with Crippen molar-refractivity contribution in [2.24, 2.45) is 0 Å². The summed E-state index contributed by atoms with van der Waals surface area (Å²) in [6.07, 6.45) is 7.04. The van der Waals surface area contributed by atoms with Crippen LogP contribution in [0.15, 0.2) is 41.1 Å². The van der Waals surface area contributed by atoms with Gasteiger partial charge in [0.05, 0.1) is 6.54 Å². The summed E-state index contributed by atoms with van der Waals surface area (Å²) in [7, 11) is 0. The topological polar surface area (TPSA) is 56.7 Å². The minimum absolute atomic E-state index is 0.0422.